The summed E-state index contributed by atoms with van der Waals surface area (Å²) in [6.07, 6.45) is 0. The summed E-state index contributed by atoms with van der Waals surface area (Å²) >= 11 is 12.0. The Balaban J connectivity index is 0.00000441. The van der Waals surface area contributed by atoms with Crippen LogP contribution >= 0.6 is 23.2 Å². The first-order valence-corrected chi connectivity index (χ1v) is 14.7. The number of rotatable bonds is 8. The van der Waals surface area contributed by atoms with Crippen LogP contribution < -0.4 is 80.4 Å². The molecule has 1 aromatic carbocycles. The Morgan fingerprint density at radius 3 is 1.19 bits per heavy atom. The molecule has 0 radical (unpaired) electrons. The number of hydrogen-bond acceptors (Lipinski definition) is 16. The number of aromatic nitrogens is 6. The fraction of sp³-hybridized carbons (Fsp3) is 0.400. The van der Waals surface area contributed by atoms with Crippen molar-refractivity contribution in [3.8, 4) is 0 Å². The molecule has 218 valence electrons. The van der Waals surface area contributed by atoms with Crippen molar-refractivity contribution >= 4 is 78.6 Å². The fourth-order valence-electron chi connectivity index (χ4n) is 3.01. The second-order valence-corrected chi connectivity index (χ2v) is 13.6. The van der Waals surface area contributed by atoms with Crippen LogP contribution in [0.5, 0.6) is 0 Å². The second-order valence-electron chi connectivity index (χ2n) is 10.3. The van der Waals surface area contributed by atoms with Gasteiger partial charge >= 0.3 is 59.1 Å². The molecule has 42 heavy (non-hydrogen) atoms. The summed E-state index contributed by atoms with van der Waals surface area (Å²) in [5, 5.41) is 10.4. The van der Waals surface area contributed by atoms with Crippen LogP contribution in [0.15, 0.2) is 21.9 Å². The zero-order chi connectivity index (χ0) is 30.3. The molecule has 0 aliphatic heterocycles. The van der Waals surface area contributed by atoms with Crippen molar-refractivity contribution in [2.75, 3.05) is 21.3 Å². The number of nitrogens with zero attached hydrogens (tertiary/aromatic N) is 6. The van der Waals surface area contributed by atoms with Gasteiger partial charge in [0.1, 0.15) is 20.2 Å². The summed E-state index contributed by atoms with van der Waals surface area (Å²) in [4.78, 5) is 21.6. The van der Waals surface area contributed by atoms with Gasteiger partial charge in [-0.1, -0.05) is 0 Å². The molecule has 22 heteroatoms. The summed E-state index contributed by atoms with van der Waals surface area (Å²) in [6, 6.07) is 1.25. The normalized spacial score (nSPS) is 12.0. The smallest absolute Gasteiger partial charge is 0.744 e. The Morgan fingerprint density at radius 2 is 0.905 bits per heavy atom. The van der Waals surface area contributed by atoms with Gasteiger partial charge in [-0.2, -0.15) is 29.9 Å². The van der Waals surface area contributed by atoms with E-state index in [0.717, 1.165) is 6.07 Å². The number of anilines is 6. The minimum absolute atomic E-state index is 0. The topological polar surface area (TPSA) is 240 Å². The molecule has 2 heterocycles. The fourth-order valence-corrected chi connectivity index (χ4v) is 4.68. The average Bonchev–Trinajstić information content (AvgIpc) is 2.68. The molecule has 3 aromatic rings. The summed E-state index contributed by atoms with van der Waals surface area (Å²) in [7, 11) is -10.7. The Kier molecular flexibility index (Phi) is 13.2. The predicted molar refractivity (Wildman–Crippen MR) is 145 cm³/mol. The van der Waals surface area contributed by atoms with Crippen molar-refractivity contribution in [2.24, 2.45) is 0 Å². The van der Waals surface area contributed by atoms with Crippen molar-refractivity contribution in [3.05, 3.63) is 22.7 Å². The molecule has 0 atom stereocenters. The van der Waals surface area contributed by atoms with Gasteiger partial charge in [-0.3, -0.25) is 0 Å². The summed E-state index contributed by atoms with van der Waals surface area (Å²) in [6.45, 7) is 10.9. The van der Waals surface area contributed by atoms with Crippen molar-refractivity contribution in [3.63, 3.8) is 0 Å². The first kappa shape index (κ1) is 38.9. The first-order chi connectivity index (χ1) is 18.1. The van der Waals surface area contributed by atoms with Crippen LogP contribution in [-0.2, 0) is 20.2 Å². The molecule has 16 nitrogen and oxygen atoms in total. The van der Waals surface area contributed by atoms with Gasteiger partial charge in [0, 0.05) is 11.1 Å². The largest absolute Gasteiger partial charge is 1.00 e. The van der Waals surface area contributed by atoms with Gasteiger partial charge in [0.2, 0.25) is 34.4 Å². The van der Waals surface area contributed by atoms with Gasteiger partial charge < -0.3 is 30.4 Å². The maximum absolute atomic E-state index is 12.1. The third-order valence-electron chi connectivity index (χ3n) is 4.30. The molecular weight excluding hydrogens is 657 g/mol. The molecule has 0 aliphatic carbocycles. The summed E-state index contributed by atoms with van der Waals surface area (Å²) in [5.41, 5.74) is -2.00. The zero-order valence-corrected chi connectivity index (χ0v) is 31.0. The van der Waals surface area contributed by atoms with E-state index in [0.29, 0.717) is 6.07 Å². The van der Waals surface area contributed by atoms with Crippen molar-refractivity contribution in [1.29, 1.82) is 0 Å². The van der Waals surface area contributed by atoms with Gasteiger partial charge in [0.05, 0.1) is 21.2 Å². The molecule has 0 amide bonds. The molecule has 0 saturated carbocycles. The van der Waals surface area contributed by atoms with Crippen LogP contribution in [0.25, 0.3) is 0 Å². The van der Waals surface area contributed by atoms with E-state index in [9.17, 15) is 25.9 Å². The van der Waals surface area contributed by atoms with E-state index >= 15 is 0 Å². The van der Waals surface area contributed by atoms with Crippen LogP contribution in [0.2, 0.25) is 10.6 Å². The SMILES string of the molecule is CC(C)(C)Nc1nc(Cl)nc(Nc2cc(Nc3nc(Cl)nc(NC(C)(C)C)n3)c(S(=O)(=O)[O-])cc2S(=O)(=O)[O-])n1.[Na+].[Na+]. The van der Waals surface area contributed by atoms with Gasteiger partial charge in [-0.15, -0.1) is 0 Å². The van der Waals surface area contributed by atoms with Crippen LogP contribution in [0.4, 0.5) is 35.2 Å². The van der Waals surface area contributed by atoms with E-state index in [1.54, 1.807) is 0 Å². The van der Waals surface area contributed by atoms with E-state index < -0.39 is 52.5 Å². The van der Waals surface area contributed by atoms with Crippen molar-refractivity contribution in [2.45, 2.75) is 62.4 Å². The van der Waals surface area contributed by atoms with Gasteiger partial charge in [0.25, 0.3) is 0 Å². The molecule has 4 N–H and O–H groups in total. The van der Waals surface area contributed by atoms with Crippen LogP contribution in [0.3, 0.4) is 0 Å². The molecule has 2 aromatic heterocycles. The Labute approximate surface area is 297 Å². The summed E-state index contributed by atoms with van der Waals surface area (Å²) < 4.78 is 72.4. The summed E-state index contributed by atoms with van der Waals surface area (Å²) in [5.74, 6) is -0.588. The van der Waals surface area contributed by atoms with E-state index in [1.807, 2.05) is 41.5 Å². The third-order valence-corrected chi connectivity index (χ3v) is 6.39. The number of hydrogen-bond donors (Lipinski definition) is 4. The molecule has 0 aliphatic rings. The molecule has 0 saturated heterocycles. The Hall–Kier alpha value is -1.16. The molecule has 0 spiro atoms. The van der Waals surface area contributed by atoms with E-state index in [-0.39, 0.29) is 93.5 Å². The van der Waals surface area contributed by atoms with Crippen molar-refractivity contribution < 1.29 is 85.1 Å². The number of halogens is 2. The Bertz CT molecular complexity index is 1550. The number of nitrogens with one attached hydrogen (secondary N) is 4. The minimum Gasteiger partial charge on any atom is -0.744 e. The van der Waals surface area contributed by atoms with Crippen LogP contribution in [-0.4, -0.2) is 66.9 Å². The van der Waals surface area contributed by atoms with Crippen LogP contribution in [0.1, 0.15) is 41.5 Å². The standard InChI is InChI=1S/C20H26Cl2N10O6S2.2Na/c1-19(2,3)31-17-27-13(21)25-15(29-17)23-9-7-10(12(40(36,37)38)8-11(9)39(33,34)35)24-16-26-14(22)28-18(30-16)32-20(4,5)6;;/h7-8H,1-6H3,(H,33,34,35)(H,36,37,38)(H2,23,25,27,29,31)(H2,24,26,28,30,32);;/q;2*+1/p-2. The predicted octanol–water partition coefficient (Wildman–Crippen LogP) is -2.91. The monoisotopic (exact) mass is 680 g/mol. The average molecular weight is 681 g/mol. The first-order valence-electron chi connectivity index (χ1n) is 11.1. The quantitative estimate of drug-likeness (QED) is 0.138. The van der Waals surface area contributed by atoms with E-state index in [4.69, 9.17) is 23.2 Å². The molecular formula is C20H24Cl2N10Na2O6S2. The van der Waals surface area contributed by atoms with Crippen molar-refractivity contribution in [1.82, 2.24) is 29.9 Å². The molecule has 0 unspecified atom stereocenters. The van der Waals surface area contributed by atoms with Gasteiger partial charge in [-0.25, -0.2) is 16.8 Å². The van der Waals surface area contributed by atoms with E-state index in [2.05, 4.69) is 51.2 Å². The Morgan fingerprint density at radius 1 is 0.595 bits per heavy atom. The molecule has 0 bridgehead atoms. The number of benzene rings is 1. The van der Waals surface area contributed by atoms with E-state index in [1.165, 1.54) is 0 Å². The maximum atomic E-state index is 12.1. The third kappa shape index (κ3) is 11.7. The zero-order valence-electron chi connectivity index (χ0n) is 23.9. The maximum Gasteiger partial charge on any atom is 1.00 e. The molecule has 3 rings (SSSR count). The van der Waals surface area contributed by atoms with Gasteiger partial charge in [0.15, 0.2) is 0 Å². The van der Waals surface area contributed by atoms with Crippen LogP contribution in [0, 0.1) is 0 Å². The second kappa shape index (κ2) is 14.3. The van der Waals surface area contributed by atoms with Gasteiger partial charge in [-0.05, 0) is 76.9 Å². The minimum atomic E-state index is -5.34. The molecule has 0 fully saturated rings.